The number of para-hydroxylation sites is 1. The molecule has 1 fully saturated rings. The number of hydrogen-bond donors (Lipinski definition) is 0. The zero-order valence-corrected chi connectivity index (χ0v) is 13.8. The van der Waals surface area contributed by atoms with E-state index in [1.807, 2.05) is 19.1 Å². The lowest BCUT2D eigenvalue weighted by Gasteiger charge is -2.33. The average Bonchev–Trinajstić information content (AvgIpc) is 2.54. The summed E-state index contributed by atoms with van der Waals surface area (Å²) in [5.74, 6) is 0. The maximum atomic E-state index is 12.9. The van der Waals surface area contributed by atoms with E-state index < -0.39 is 10.0 Å². The highest BCUT2D eigenvalue weighted by molar-refractivity contribution is 7.89. The van der Waals surface area contributed by atoms with Gasteiger partial charge in [0.15, 0.2) is 0 Å². The van der Waals surface area contributed by atoms with E-state index in [2.05, 4.69) is 16.8 Å². The van der Waals surface area contributed by atoms with Gasteiger partial charge in [-0.3, -0.25) is 4.98 Å². The Kier molecular flexibility index (Phi) is 4.16. The molecule has 5 nitrogen and oxygen atoms in total. The third-order valence-electron chi connectivity index (χ3n) is 4.21. The predicted octanol–water partition coefficient (Wildman–Crippen LogP) is 1.87. The van der Waals surface area contributed by atoms with Gasteiger partial charge >= 0.3 is 0 Å². The lowest BCUT2D eigenvalue weighted by atomic mass is 10.2. The van der Waals surface area contributed by atoms with Crippen LogP contribution in [0, 0.1) is 6.92 Å². The summed E-state index contributed by atoms with van der Waals surface area (Å²) in [6, 6.07) is 7.32. The SMILES string of the molecule is CCN1CCN(S(=O)(=O)c2cccc3cc(C)cnc23)CC1. The Labute approximate surface area is 131 Å². The minimum atomic E-state index is -3.49. The zero-order chi connectivity index (χ0) is 15.7. The van der Waals surface area contributed by atoms with Gasteiger partial charge < -0.3 is 4.90 Å². The molecule has 2 heterocycles. The molecule has 0 aliphatic carbocycles. The summed E-state index contributed by atoms with van der Waals surface area (Å²) in [6.07, 6.45) is 1.72. The molecule has 1 aliphatic rings. The third-order valence-corrected chi connectivity index (χ3v) is 6.14. The van der Waals surface area contributed by atoms with Crippen LogP contribution in [-0.2, 0) is 10.0 Å². The van der Waals surface area contributed by atoms with Crippen LogP contribution in [0.25, 0.3) is 10.9 Å². The molecule has 0 unspecified atom stereocenters. The summed E-state index contributed by atoms with van der Waals surface area (Å²) in [4.78, 5) is 6.93. The maximum absolute atomic E-state index is 12.9. The van der Waals surface area contributed by atoms with Crippen molar-refractivity contribution in [1.29, 1.82) is 0 Å². The Bertz CT molecular complexity index is 781. The first-order chi connectivity index (χ1) is 10.5. The number of likely N-dealkylation sites (N-methyl/N-ethyl adjacent to an activating group) is 1. The van der Waals surface area contributed by atoms with Gasteiger partial charge in [0.25, 0.3) is 0 Å². The minimum absolute atomic E-state index is 0.315. The molecule has 0 saturated carbocycles. The van der Waals surface area contributed by atoms with Gasteiger partial charge in [-0.25, -0.2) is 8.42 Å². The molecule has 0 spiro atoms. The van der Waals surface area contributed by atoms with Gasteiger partial charge in [-0.1, -0.05) is 19.1 Å². The minimum Gasteiger partial charge on any atom is -0.301 e. The number of hydrogen-bond acceptors (Lipinski definition) is 4. The van der Waals surface area contributed by atoms with Crippen molar-refractivity contribution in [2.45, 2.75) is 18.7 Å². The van der Waals surface area contributed by atoms with Gasteiger partial charge in [0.2, 0.25) is 10.0 Å². The van der Waals surface area contributed by atoms with Crippen LogP contribution in [0.1, 0.15) is 12.5 Å². The van der Waals surface area contributed by atoms with E-state index in [4.69, 9.17) is 0 Å². The normalized spacial score (nSPS) is 17.9. The van der Waals surface area contributed by atoms with E-state index in [-0.39, 0.29) is 0 Å². The molecule has 0 bridgehead atoms. The zero-order valence-electron chi connectivity index (χ0n) is 13.0. The predicted molar refractivity (Wildman–Crippen MR) is 87.4 cm³/mol. The van der Waals surface area contributed by atoms with Crippen LogP contribution in [0.15, 0.2) is 35.4 Å². The van der Waals surface area contributed by atoms with E-state index >= 15 is 0 Å². The third kappa shape index (κ3) is 2.74. The molecule has 6 heteroatoms. The maximum Gasteiger partial charge on any atom is 0.245 e. The fourth-order valence-electron chi connectivity index (χ4n) is 2.88. The lowest BCUT2D eigenvalue weighted by molar-refractivity contribution is 0.196. The summed E-state index contributed by atoms with van der Waals surface area (Å²) in [7, 11) is -3.49. The molecule has 1 saturated heterocycles. The van der Waals surface area contributed by atoms with Gasteiger partial charge in [-0.15, -0.1) is 0 Å². The number of piperazine rings is 1. The molecule has 22 heavy (non-hydrogen) atoms. The van der Waals surface area contributed by atoms with Crippen LogP contribution in [-0.4, -0.2) is 55.3 Å². The van der Waals surface area contributed by atoms with Crippen molar-refractivity contribution in [3.05, 3.63) is 36.0 Å². The molecule has 1 aromatic heterocycles. The average molecular weight is 319 g/mol. The Morgan fingerprint density at radius 1 is 1.18 bits per heavy atom. The number of aryl methyl sites for hydroxylation is 1. The van der Waals surface area contributed by atoms with Crippen molar-refractivity contribution < 1.29 is 8.42 Å². The van der Waals surface area contributed by atoms with Gasteiger partial charge in [-0.2, -0.15) is 4.31 Å². The molecular formula is C16H21N3O2S. The monoisotopic (exact) mass is 319 g/mol. The van der Waals surface area contributed by atoms with E-state index in [1.165, 1.54) is 0 Å². The van der Waals surface area contributed by atoms with Crippen LogP contribution in [0.2, 0.25) is 0 Å². The Balaban J connectivity index is 1.99. The molecule has 118 valence electrons. The van der Waals surface area contributed by atoms with Crippen molar-refractivity contribution in [1.82, 2.24) is 14.2 Å². The van der Waals surface area contributed by atoms with E-state index in [9.17, 15) is 8.42 Å². The molecule has 0 atom stereocenters. The second kappa shape index (κ2) is 5.95. The van der Waals surface area contributed by atoms with E-state index in [1.54, 1.807) is 22.6 Å². The highest BCUT2D eigenvalue weighted by Gasteiger charge is 2.29. The smallest absolute Gasteiger partial charge is 0.245 e. The quantitative estimate of drug-likeness (QED) is 0.867. The fraction of sp³-hybridized carbons (Fsp3) is 0.438. The first-order valence-electron chi connectivity index (χ1n) is 7.60. The van der Waals surface area contributed by atoms with Crippen LogP contribution in [0.4, 0.5) is 0 Å². The lowest BCUT2D eigenvalue weighted by Crippen LogP contribution is -2.48. The van der Waals surface area contributed by atoms with Gasteiger partial charge in [0.1, 0.15) is 4.90 Å². The fourth-order valence-corrected chi connectivity index (χ4v) is 4.46. The first-order valence-corrected chi connectivity index (χ1v) is 9.04. The number of sulfonamides is 1. The Morgan fingerprint density at radius 3 is 2.59 bits per heavy atom. The number of pyridine rings is 1. The molecule has 2 aromatic rings. The largest absolute Gasteiger partial charge is 0.301 e. The number of nitrogens with zero attached hydrogens (tertiary/aromatic N) is 3. The van der Waals surface area contributed by atoms with E-state index in [0.29, 0.717) is 23.5 Å². The number of rotatable bonds is 3. The van der Waals surface area contributed by atoms with Crippen molar-refractivity contribution in [2.24, 2.45) is 0 Å². The highest BCUT2D eigenvalue weighted by Crippen LogP contribution is 2.25. The van der Waals surface area contributed by atoms with E-state index in [0.717, 1.165) is 30.6 Å². The van der Waals surface area contributed by atoms with Crippen molar-refractivity contribution >= 4 is 20.9 Å². The number of aromatic nitrogens is 1. The number of benzene rings is 1. The van der Waals surface area contributed by atoms with Gasteiger partial charge in [-0.05, 0) is 31.2 Å². The second-order valence-corrected chi connectivity index (χ2v) is 7.59. The van der Waals surface area contributed by atoms with Crippen LogP contribution in [0.3, 0.4) is 0 Å². The van der Waals surface area contributed by atoms with Gasteiger partial charge in [0, 0.05) is 37.8 Å². The summed E-state index contributed by atoms with van der Waals surface area (Å²) in [5.41, 5.74) is 1.59. The van der Waals surface area contributed by atoms with Crippen LogP contribution < -0.4 is 0 Å². The van der Waals surface area contributed by atoms with Crippen LogP contribution in [0.5, 0.6) is 0 Å². The molecule has 0 radical (unpaired) electrons. The summed E-state index contributed by atoms with van der Waals surface area (Å²) < 4.78 is 27.5. The summed E-state index contributed by atoms with van der Waals surface area (Å²) in [5, 5.41) is 0.869. The van der Waals surface area contributed by atoms with Crippen molar-refractivity contribution in [2.75, 3.05) is 32.7 Å². The first kappa shape index (κ1) is 15.4. The molecule has 0 N–H and O–H groups in total. The topological polar surface area (TPSA) is 53.5 Å². The van der Waals surface area contributed by atoms with Crippen LogP contribution >= 0.6 is 0 Å². The summed E-state index contributed by atoms with van der Waals surface area (Å²) in [6.45, 7) is 7.67. The Morgan fingerprint density at radius 2 is 1.91 bits per heavy atom. The Hall–Kier alpha value is -1.50. The number of fused-ring (bicyclic) bond motifs is 1. The molecule has 1 aliphatic heterocycles. The molecule has 0 amide bonds. The second-order valence-electron chi connectivity index (χ2n) is 5.68. The highest BCUT2D eigenvalue weighted by atomic mass is 32.2. The molecular weight excluding hydrogens is 298 g/mol. The molecule has 3 rings (SSSR count). The standard InChI is InChI=1S/C16H21N3O2S/c1-3-18-7-9-19(10-8-18)22(20,21)15-6-4-5-14-11-13(2)12-17-16(14)15/h4-6,11-12H,3,7-10H2,1-2H3. The summed E-state index contributed by atoms with van der Waals surface area (Å²) >= 11 is 0. The van der Waals surface area contributed by atoms with Crippen molar-refractivity contribution in [3.8, 4) is 0 Å². The van der Waals surface area contributed by atoms with Gasteiger partial charge in [0.05, 0.1) is 5.52 Å². The molecule has 1 aromatic carbocycles. The van der Waals surface area contributed by atoms with Crippen molar-refractivity contribution in [3.63, 3.8) is 0 Å².